The van der Waals surface area contributed by atoms with Gasteiger partial charge in [-0.15, -0.1) is 0 Å². The number of hydrogen-bond acceptors (Lipinski definition) is 2. The number of carbonyl (C=O) groups excluding carboxylic acids is 1. The average Bonchev–Trinajstić information content (AvgIpc) is 2.27. The van der Waals surface area contributed by atoms with Crippen LogP contribution in [0.15, 0.2) is 18.2 Å². The molecule has 1 rings (SSSR count). The number of alkyl halides is 3. The molecule has 1 aromatic carbocycles. The molecule has 0 saturated heterocycles. The number of rotatable bonds is 3. The van der Waals surface area contributed by atoms with Crippen LogP contribution in [-0.4, -0.2) is 17.5 Å². The molecule has 0 spiro atoms. The first kappa shape index (κ1) is 17.6. The van der Waals surface area contributed by atoms with Crippen molar-refractivity contribution in [1.82, 2.24) is 5.32 Å². The summed E-state index contributed by atoms with van der Waals surface area (Å²) in [4.78, 5) is 11.9. The minimum atomic E-state index is -4.55. The van der Waals surface area contributed by atoms with E-state index >= 15 is 0 Å². The molecule has 21 heavy (non-hydrogen) atoms. The van der Waals surface area contributed by atoms with E-state index in [9.17, 15) is 18.0 Å². The fraction of sp³-hybridized carbons (Fsp3) is 0.500. The van der Waals surface area contributed by atoms with E-state index in [2.05, 4.69) is 10.6 Å². The van der Waals surface area contributed by atoms with Gasteiger partial charge in [0.25, 0.3) is 0 Å². The van der Waals surface area contributed by atoms with Crippen molar-refractivity contribution in [2.24, 2.45) is 0 Å². The average molecular weight is 323 g/mol. The highest BCUT2D eigenvalue weighted by atomic mass is 35.5. The molecule has 0 saturated carbocycles. The number of hydrogen-bond donors (Lipinski definition) is 2. The summed E-state index contributed by atoms with van der Waals surface area (Å²) in [5.74, 6) is -0.407. The number of benzene rings is 1. The van der Waals surface area contributed by atoms with E-state index in [1.807, 2.05) is 0 Å². The van der Waals surface area contributed by atoms with Crippen molar-refractivity contribution in [2.75, 3.05) is 5.32 Å². The van der Waals surface area contributed by atoms with Crippen molar-refractivity contribution in [3.05, 3.63) is 28.8 Å². The Morgan fingerprint density at radius 2 is 1.81 bits per heavy atom. The number of anilines is 1. The molecule has 1 aromatic rings. The van der Waals surface area contributed by atoms with Gasteiger partial charge in [0.1, 0.15) is 6.04 Å². The molecule has 1 unspecified atom stereocenters. The van der Waals surface area contributed by atoms with E-state index in [1.165, 1.54) is 19.1 Å². The lowest BCUT2D eigenvalue weighted by atomic mass is 10.1. The van der Waals surface area contributed by atoms with Crippen LogP contribution in [0.3, 0.4) is 0 Å². The van der Waals surface area contributed by atoms with Crippen LogP contribution in [0.5, 0.6) is 0 Å². The van der Waals surface area contributed by atoms with Crippen LogP contribution in [0.2, 0.25) is 5.02 Å². The van der Waals surface area contributed by atoms with Crippen molar-refractivity contribution in [2.45, 2.75) is 45.5 Å². The minimum Gasteiger partial charge on any atom is -0.372 e. The fourth-order valence-electron chi connectivity index (χ4n) is 1.67. The van der Waals surface area contributed by atoms with Gasteiger partial charge in [0, 0.05) is 5.54 Å². The lowest BCUT2D eigenvalue weighted by Gasteiger charge is -2.25. The zero-order valence-electron chi connectivity index (χ0n) is 12.2. The van der Waals surface area contributed by atoms with E-state index < -0.39 is 29.2 Å². The molecule has 0 aromatic heterocycles. The van der Waals surface area contributed by atoms with Gasteiger partial charge in [-0.25, -0.2) is 0 Å². The summed E-state index contributed by atoms with van der Waals surface area (Å²) >= 11 is 5.82. The molecule has 0 bridgehead atoms. The Labute approximate surface area is 126 Å². The van der Waals surface area contributed by atoms with Crippen molar-refractivity contribution >= 4 is 23.2 Å². The number of amides is 1. The molecular weight excluding hydrogens is 305 g/mol. The predicted octanol–water partition coefficient (Wildman–Crippen LogP) is 4.07. The Hall–Kier alpha value is -1.43. The van der Waals surface area contributed by atoms with Gasteiger partial charge in [0.2, 0.25) is 5.91 Å². The summed E-state index contributed by atoms with van der Waals surface area (Å²) in [6.45, 7) is 6.83. The molecule has 0 aliphatic rings. The third kappa shape index (κ3) is 5.12. The highest BCUT2D eigenvalue weighted by Crippen LogP contribution is 2.38. The second-order valence-corrected chi connectivity index (χ2v) is 6.17. The minimum absolute atomic E-state index is 0.0831. The monoisotopic (exact) mass is 322 g/mol. The summed E-state index contributed by atoms with van der Waals surface area (Å²) in [5, 5.41) is 5.15. The second kappa shape index (κ2) is 6.13. The molecule has 0 aliphatic heterocycles. The first-order valence-electron chi connectivity index (χ1n) is 6.36. The Kier molecular flexibility index (Phi) is 5.15. The Balaban J connectivity index is 3.00. The van der Waals surface area contributed by atoms with E-state index in [-0.39, 0.29) is 10.7 Å². The van der Waals surface area contributed by atoms with Gasteiger partial charge >= 0.3 is 6.18 Å². The first-order valence-corrected chi connectivity index (χ1v) is 6.74. The summed E-state index contributed by atoms with van der Waals surface area (Å²) in [6.07, 6.45) is -4.55. The molecule has 7 heteroatoms. The van der Waals surface area contributed by atoms with Gasteiger partial charge in [-0.2, -0.15) is 13.2 Å². The third-order valence-electron chi connectivity index (χ3n) is 2.57. The molecule has 0 heterocycles. The number of para-hydroxylation sites is 1. The maximum Gasteiger partial charge on any atom is 0.418 e. The predicted molar refractivity (Wildman–Crippen MR) is 77.4 cm³/mol. The largest absolute Gasteiger partial charge is 0.418 e. The van der Waals surface area contributed by atoms with Crippen LogP contribution in [0.1, 0.15) is 33.3 Å². The highest BCUT2D eigenvalue weighted by Gasteiger charge is 2.35. The fourth-order valence-corrected chi connectivity index (χ4v) is 1.90. The zero-order valence-corrected chi connectivity index (χ0v) is 13.0. The summed E-state index contributed by atoms with van der Waals surface area (Å²) in [5.41, 5.74) is -1.66. The van der Waals surface area contributed by atoms with E-state index in [4.69, 9.17) is 11.6 Å². The molecule has 118 valence electrons. The van der Waals surface area contributed by atoms with Crippen LogP contribution < -0.4 is 10.6 Å². The topological polar surface area (TPSA) is 41.1 Å². The molecule has 1 amide bonds. The summed E-state index contributed by atoms with van der Waals surface area (Å²) < 4.78 is 38.9. The molecule has 2 N–H and O–H groups in total. The lowest BCUT2D eigenvalue weighted by molar-refractivity contribution is -0.137. The van der Waals surface area contributed by atoms with Crippen LogP contribution in [-0.2, 0) is 11.0 Å². The molecule has 0 aliphatic carbocycles. The zero-order chi connectivity index (χ0) is 16.4. The van der Waals surface area contributed by atoms with Gasteiger partial charge in [-0.05, 0) is 39.8 Å². The van der Waals surface area contributed by atoms with Crippen LogP contribution in [0.4, 0.5) is 18.9 Å². The maximum atomic E-state index is 13.0. The first-order chi connectivity index (χ1) is 9.42. The molecular formula is C14H18ClF3N2O. The molecule has 0 fully saturated rings. The second-order valence-electron chi connectivity index (χ2n) is 5.77. The van der Waals surface area contributed by atoms with Gasteiger partial charge in [0.15, 0.2) is 0 Å². The number of halogens is 4. The number of nitrogens with one attached hydrogen (secondary N) is 2. The third-order valence-corrected chi connectivity index (χ3v) is 2.89. The molecule has 0 radical (unpaired) electrons. The normalized spacial score (nSPS) is 13.7. The van der Waals surface area contributed by atoms with E-state index in [0.717, 1.165) is 6.07 Å². The van der Waals surface area contributed by atoms with E-state index in [0.29, 0.717) is 0 Å². The SMILES string of the molecule is CC(Nc1c(Cl)cccc1C(F)(F)F)C(=O)NC(C)(C)C. The van der Waals surface area contributed by atoms with Gasteiger partial charge in [-0.1, -0.05) is 17.7 Å². The standard InChI is InChI=1S/C14H18ClF3N2O/c1-8(12(21)20-13(2,3)4)19-11-9(14(16,17)18)6-5-7-10(11)15/h5-8,19H,1-4H3,(H,20,21). The van der Waals surface area contributed by atoms with E-state index in [1.54, 1.807) is 20.8 Å². The Bertz CT molecular complexity index is 524. The van der Waals surface area contributed by atoms with Crippen LogP contribution >= 0.6 is 11.6 Å². The lowest BCUT2D eigenvalue weighted by Crippen LogP contribution is -2.47. The number of carbonyl (C=O) groups is 1. The van der Waals surface area contributed by atoms with Crippen molar-refractivity contribution in [3.63, 3.8) is 0 Å². The van der Waals surface area contributed by atoms with Gasteiger partial charge in [-0.3, -0.25) is 4.79 Å². The molecule has 3 nitrogen and oxygen atoms in total. The van der Waals surface area contributed by atoms with Crippen LogP contribution in [0, 0.1) is 0 Å². The van der Waals surface area contributed by atoms with Crippen LogP contribution in [0.25, 0.3) is 0 Å². The summed E-state index contributed by atoms with van der Waals surface area (Å²) in [6, 6.07) is 2.62. The Morgan fingerprint density at radius 3 is 2.29 bits per heavy atom. The highest BCUT2D eigenvalue weighted by molar-refractivity contribution is 6.33. The van der Waals surface area contributed by atoms with Crippen molar-refractivity contribution in [3.8, 4) is 0 Å². The molecule has 1 atom stereocenters. The van der Waals surface area contributed by atoms with Gasteiger partial charge < -0.3 is 10.6 Å². The summed E-state index contributed by atoms with van der Waals surface area (Å²) in [7, 11) is 0. The smallest absolute Gasteiger partial charge is 0.372 e. The van der Waals surface area contributed by atoms with Crippen molar-refractivity contribution in [1.29, 1.82) is 0 Å². The quantitative estimate of drug-likeness (QED) is 0.880. The van der Waals surface area contributed by atoms with Crippen molar-refractivity contribution < 1.29 is 18.0 Å². The van der Waals surface area contributed by atoms with Gasteiger partial charge in [0.05, 0.1) is 16.3 Å². The Morgan fingerprint density at radius 1 is 1.24 bits per heavy atom. The maximum absolute atomic E-state index is 13.0.